The Morgan fingerprint density at radius 3 is 2.25 bits per heavy atom. The van der Waals surface area contributed by atoms with Crippen molar-refractivity contribution in [3.8, 4) is 11.5 Å². The number of morpholine rings is 1. The van der Waals surface area contributed by atoms with E-state index in [0.717, 1.165) is 35.5 Å². The number of urea groups is 1. The lowest BCUT2D eigenvalue weighted by Crippen LogP contribution is -2.47. The minimum absolute atomic E-state index is 0.0890. The van der Waals surface area contributed by atoms with Crippen LogP contribution in [0.25, 0.3) is 0 Å². The Bertz CT molecular complexity index is 1570. The summed E-state index contributed by atoms with van der Waals surface area (Å²) in [6, 6.07) is 19.2. The summed E-state index contributed by atoms with van der Waals surface area (Å²) in [5.74, 6) is 1.07. The number of nitrogens with zero attached hydrogens (tertiary/aromatic N) is 2. The molecule has 51 heavy (non-hydrogen) atoms. The maximum absolute atomic E-state index is 13.7. The van der Waals surface area contributed by atoms with E-state index in [4.69, 9.17) is 18.9 Å². The summed E-state index contributed by atoms with van der Waals surface area (Å²) >= 11 is 0. The van der Waals surface area contributed by atoms with Crippen LogP contribution in [0.15, 0.2) is 79.1 Å². The van der Waals surface area contributed by atoms with Gasteiger partial charge in [-0.15, -0.1) is 0 Å². The number of nitrogens with one attached hydrogen (secondary N) is 3. The molecule has 0 aromatic heterocycles. The molecule has 3 aromatic rings. The Balaban J connectivity index is 0.00000345. The fraction of sp³-hybridized carbons (Fsp3) is 0.410. The molecule has 1 atom stereocenters. The average Bonchev–Trinajstić information content (AvgIpc) is 3.15. The fourth-order valence-electron chi connectivity index (χ4n) is 5.42. The van der Waals surface area contributed by atoms with Crippen LogP contribution in [0.5, 0.6) is 11.5 Å². The standard InChI is InChI=1S/C37H47N5O7.C2H6/c1-26-8-6-7-9-31(26)40-37(45)38-30-13-10-28(11-14-30)23-36(44)42(17-16-41-18-20-49-21-19-41)25-35(43)39-32(22-27(2)46-3)29-12-15-33(47-4)34(24-29)48-5;1-2/h6-15,24,32H,2,16-23,25H2,1,3-5H3,(H,39,43)(H2,38,40,45);1-2H3. The quantitative estimate of drug-likeness (QED) is 0.160. The van der Waals surface area contributed by atoms with Crippen molar-refractivity contribution >= 4 is 29.2 Å². The van der Waals surface area contributed by atoms with Gasteiger partial charge in [-0.1, -0.05) is 56.8 Å². The van der Waals surface area contributed by atoms with Crippen molar-refractivity contribution in [2.75, 3.05) is 77.9 Å². The first-order chi connectivity index (χ1) is 24.7. The third kappa shape index (κ3) is 13.0. The van der Waals surface area contributed by atoms with Gasteiger partial charge in [0.05, 0.1) is 59.3 Å². The van der Waals surface area contributed by atoms with Crippen LogP contribution in [0.2, 0.25) is 0 Å². The van der Waals surface area contributed by atoms with Crippen LogP contribution in [0, 0.1) is 6.92 Å². The summed E-state index contributed by atoms with van der Waals surface area (Å²) in [6.45, 7) is 13.5. The summed E-state index contributed by atoms with van der Waals surface area (Å²) in [6.07, 6.45) is 0.411. The molecule has 1 aliphatic rings. The van der Waals surface area contributed by atoms with Crippen molar-refractivity contribution in [1.82, 2.24) is 15.1 Å². The molecule has 1 unspecified atom stereocenters. The van der Waals surface area contributed by atoms with Crippen LogP contribution in [-0.2, 0) is 25.5 Å². The van der Waals surface area contributed by atoms with Gasteiger partial charge in [-0.2, -0.15) is 0 Å². The van der Waals surface area contributed by atoms with Crippen molar-refractivity contribution in [3.05, 3.63) is 95.8 Å². The normalized spacial score (nSPS) is 13.1. The van der Waals surface area contributed by atoms with Crippen molar-refractivity contribution in [2.24, 2.45) is 0 Å². The van der Waals surface area contributed by atoms with E-state index in [0.29, 0.717) is 55.7 Å². The average molecular weight is 704 g/mol. The number of ether oxygens (including phenoxy) is 4. The molecule has 1 fully saturated rings. The Labute approximate surface area is 302 Å². The second kappa shape index (κ2) is 21.2. The third-order valence-electron chi connectivity index (χ3n) is 8.30. The number of amides is 4. The molecule has 1 heterocycles. The second-order valence-electron chi connectivity index (χ2n) is 11.7. The van der Waals surface area contributed by atoms with Crippen LogP contribution in [0.1, 0.15) is 43.0 Å². The largest absolute Gasteiger partial charge is 0.502 e. The van der Waals surface area contributed by atoms with E-state index in [9.17, 15) is 14.4 Å². The minimum Gasteiger partial charge on any atom is -0.502 e. The summed E-state index contributed by atoms with van der Waals surface area (Å²) in [5.41, 5.74) is 3.80. The maximum Gasteiger partial charge on any atom is 0.323 e. The van der Waals surface area contributed by atoms with Crippen molar-refractivity contribution in [2.45, 2.75) is 39.7 Å². The van der Waals surface area contributed by atoms with E-state index in [1.807, 2.05) is 51.1 Å². The minimum atomic E-state index is -0.487. The molecular formula is C39H53N5O7. The SMILES string of the molecule is C=C(CC(NC(=O)CN(CCN1CCOCC1)C(=O)Cc1ccc(NC(=O)Nc2ccccc2C)cc1)c1ccc(OC)c(OC)c1)OC.CC. The first kappa shape index (κ1) is 40.4. The molecule has 276 valence electrons. The number of carbonyl (C=O) groups excluding carboxylic acids is 3. The zero-order chi connectivity index (χ0) is 37.2. The van der Waals surface area contributed by atoms with Crippen LogP contribution in [0.3, 0.4) is 0 Å². The lowest BCUT2D eigenvalue weighted by molar-refractivity contribution is -0.136. The van der Waals surface area contributed by atoms with E-state index in [2.05, 4.69) is 27.4 Å². The van der Waals surface area contributed by atoms with Crippen molar-refractivity contribution < 1.29 is 33.3 Å². The zero-order valence-corrected chi connectivity index (χ0v) is 30.8. The third-order valence-corrected chi connectivity index (χ3v) is 8.30. The number of rotatable bonds is 16. The Hall–Kier alpha value is -5.07. The van der Waals surface area contributed by atoms with Gasteiger partial charge in [0.1, 0.15) is 0 Å². The predicted octanol–water partition coefficient (Wildman–Crippen LogP) is 5.79. The molecule has 12 nitrogen and oxygen atoms in total. The number of methoxy groups -OCH3 is 3. The number of aryl methyl sites for hydroxylation is 1. The number of benzene rings is 3. The Morgan fingerprint density at radius 1 is 0.922 bits per heavy atom. The molecule has 3 N–H and O–H groups in total. The van der Waals surface area contributed by atoms with Gasteiger partial charge in [-0.3, -0.25) is 14.5 Å². The Morgan fingerprint density at radius 2 is 1.61 bits per heavy atom. The number of anilines is 2. The molecule has 0 spiro atoms. The number of carbonyl (C=O) groups is 3. The maximum atomic E-state index is 13.7. The van der Waals surface area contributed by atoms with Gasteiger partial charge in [0.15, 0.2) is 11.5 Å². The summed E-state index contributed by atoms with van der Waals surface area (Å²) in [7, 11) is 4.64. The first-order valence-electron chi connectivity index (χ1n) is 17.2. The Kier molecular flexibility index (Phi) is 16.8. The molecular weight excluding hydrogens is 650 g/mol. The molecule has 0 radical (unpaired) electrons. The van der Waals surface area contributed by atoms with Crippen LogP contribution in [-0.4, -0.2) is 94.9 Å². The molecule has 0 saturated carbocycles. The lowest BCUT2D eigenvalue weighted by atomic mass is 10.0. The predicted molar refractivity (Wildman–Crippen MR) is 200 cm³/mol. The molecule has 1 aliphatic heterocycles. The van der Waals surface area contributed by atoms with Gasteiger partial charge in [0.25, 0.3) is 0 Å². The van der Waals surface area contributed by atoms with E-state index in [1.165, 1.54) is 7.11 Å². The highest BCUT2D eigenvalue weighted by Gasteiger charge is 2.23. The lowest BCUT2D eigenvalue weighted by Gasteiger charge is -2.30. The molecule has 0 bridgehead atoms. The highest BCUT2D eigenvalue weighted by atomic mass is 16.5. The van der Waals surface area contributed by atoms with Crippen molar-refractivity contribution in [1.29, 1.82) is 0 Å². The van der Waals surface area contributed by atoms with Gasteiger partial charge < -0.3 is 39.8 Å². The zero-order valence-electron chi connectivity index (χ0n) is 30.8. The van der Waals surface area contributed by atoms with E-state index in [1.54, 1.807) is 55.5 Å². The first-order valence-corrected chi connectivity index (χ1v) is 17.2. The second-order valence-corrected chi connectivity index (χ2v) is 11.7. The topological polar surface area (TPSA) is 131 Å². The summed E-state index contributed by atoms with van der Waals surface area (Å²) in [4.78, 5) is 43.6. The molecule has 12 heteroatoms. The molecule has 3 aromatic carbocycles. The van der Waals surface area contributed by atoms with E-state index >= 15 is 0 Å². The van der Waals surface area contributed by atoms with Gasteiger partial charge in [-0.25, -0.2) is 4.79 Å². The van der Waals surface area contributed by atoms with E-state index < -0.39 is 6.04 Å². The summed E-state index contributed by atoms with van der Waals surface area (Å²) < 4.78 is 21.7. The van der Waals surface area contributed by atoms with Crippen LogP contribution in [0.4, 0.5) is 16.2 Å². The van der Waals surface area contributed by atoms with Gasteiger partial charge in [-0.05, 0) is 53.9 Å². The van der Waals surface area contributed by atoms with E-state index in [-0.39, 0.29) is 30.8 Å². The van der Waals surface area contributed by atoms with Crippen LogP contribution < -0.4 is 25.4 Å². The molecule has 4 rings (SSSR count). The number of hydrogen-bond donors (Lipinski definition) is 3. The van der Waals surface area contributed by atoms with Gasteiger partial charge >= 0.3 is 6.03 Å². The van der Waals surface area contributed by atoms with Crippen molar-refractivity contribution in [3.63, 3.8) is 0 Å². The van der Waals surface area contributed by atoms with Gasteiger partial charge in [0.2, 0.25) is 11.8 Å². The highest BCUT2D eigenvalue weighted by Crippen LogP contribution is 2.32. The number of hydrogen-bond acceptors (Lipinski definition) is 8. The van der Waals surface area contributed by atoms with Crippen LogP contribution >= 0.6 is 0 Å². The smallest absolute Gasteiger partial charge is 0.323 e. The van der Waals surface area contributed by atoms with Gasteiger partial charge in [0, 0.05) is 44.0 Å². The summed E-state index contributed by atoms with van der Waals surface area (Å²) in [5, 5.41) is 8.74. The molecule has 0 aliphatic carbocycles. The molecule has 1 saturated heterocycles. The fourth-order valence-corrected chi connectivity index (χ4v) is 5.42. The number of para-hydroxylation sites is 1. The highest BCUT2D eigenvalue weighted by molar-refractivity contribution is 6.00. The molecule has 4 amide bonds. The monoisotopic (exact) mass is 703 g/mol.